The summed E-state index contributed by atoms with van der Waals surface area (Å²) in [6.45, 7) is 2.79. The highest BCUT2D eigenvalue weighted by molar-refractivity contribution is 5.95. The summed E-state index contributed by atoms with van der Waals surface area (Å²) in [6.07, 6.45) is 2.65. The number of hydrogen-bond donors (Lipinski definition) is 2. The summed E-state index contributed by atoms with van der Waals surface area (Å²) >= 11 is 0. The minimum Gasteiger partial charge on any atom is -0.462 e. The van der Waals surface area contributed by atoms with Crippen LogP contribution in [0.5, 0.6) is 0 Å². The number of carbonyl (C=O) groups is 3. The summed E-state index contributed by atoms with van der Waals surface area (Å²) < 4.78 is 10.1. The molecule has 0 fully saturated rings. The van der Waals surface area contributed by atoms with Crippen molar-refractivity contribution in [3.8, 4) is 0 Å². The van der Waals surface area contributed by atoms with E-state index in [1.54, 1.807) is 43.3 Å². The second kappa shape index (κ2) is 8.49. The van der Waals surface area contributed by atoms with Crippen molar-refractivity contribution in [3.63, 3.8) is 0 Å². The van der Waals surface area contributed by atoms with Crippen LogP contribution in [0.4, 0.5) is 11.4 Å². The van der Waals surface area contributed by atoms with Crippen molar-refractivity contribution in [3.05, 3.63) is 54.0 Å². The van der Waals surface area contributed by atoms with Gasteiger partial charge in [-0.2, -0.15) is 0 Å². The minimum absolute atomic E-state index is 0.179. The van der Waals surface area contributed by atoms with Crippen LogP contribution in [0.3, 0.4) is 0 Å². The number of amides is 2. The van der Waals surface area contributed by atoms with E-state index < -0.39 is 18.5 Å². The van der Waals surface area contributed by atoms with Gasteiger partial charge in [0.05, 0.1) is 0 Å². The third kappa shape index (κ3) is 6.34. The molecule has 0 aliphatic carbocycles. The number of anilines is 2. The van der Waals surface area contributed by atoms with E-state index in [1.807, 2.05) is 0 Å². The zero-order chi connectivity index (χ0) is 18.2. The normalized spacial score (nSPS) is 10.5. The highest BCUT2D eigenvalue weighted by atomic mass is 16.5. The SMILES string of the molecule is CC(=O)Nc1ccc(NC(=O)COC(=O)C=Cc2ccc(C)o2)cc1. The molecule has 0 atom stereocenters. The van der Waals surface area contributed by atoms with Crippen LogP contribution in [-0.2, 0) is 19.1 Å². The first-order chi connectivity index (χ1) is 11.9. The van der Waals surface area contributed by atoms with Crippen molar-refractivity contribution in [1.82, 2.24) is 0 Å². The second-order valence-corrected chi connectivity index (χ2v) is 5.20. The maximum atomic E-state index is 11.8. The first kappa shape index (κ1) is 18.0. The molecule has 1 aromatic carbocycles. The lowest BCUT2D eigenvalue weighted by Gasteiger charge is -2.07. The summed E-state index contributed by atoms with van der Waals surface area (Å²) in [7, 11) is 0. The molecular formula is C18H18N2O5. The average Bonchev–Trinajstić information content (AvgIpc) is 2.98. The number of hydrogen-bond acceptors (Lipinski definition) is 5. The van der Waals surface area contributed by atoms with Crippen LogP contribution in [0.25, 0.3) is 6.08 Å². The van der Waals surface area contributed by atoms with Crippen molar-refractivity contribution in [2.75, 3.05) is 17.2 Å². The molecule has 0 aliphatic heterocycles. The average molecular weight is 342 g/mol. The molecule has 2 rings (SSSR count). The Morgan fingerprint density at radius 3 is 2.24 bits per heavy atom. The van der Waals surface area contributed by atoms with Crippen LogP contribution in [0, 0.1) is 6.92 Å². The molecule has 0 unspecified atom stereocenters. The van der Waals surface area contributed by atoms with E-state index in [0.29, 0.717) is 17.1 Å². The summed E-state index contributed by atoms with van der Waals surface area (Å²) in [5.41, 5.74) is 1.15. The van der Waals surface area contributed by atoms with Gasteiger partial charge in [0.25, 0.3) is 5.91 Å². The van der Waals surface area contributed by atoms with Gasteiger partial charge in [0, 0.05) is 24.4 Å². The molecule has 1 heterocycles. The number of carbonyl (C=O) groups excluding carboxylic acids is 3. The molecule has 0 radical (unpaired) electrons. The second-order valence-electron chi connectivity index (χ2n) is 5.20. The van der Waals surface area contributed by atoms with Crippen molar-refractivity contribution in [1.29, 1.82) is 0 Å². The van der Waals surface area contributed by atoms with Gasteiger partial charge in [-0.1, -0.05) is 0 Å². The van der Waals surface area contributed by atoms with E-state index in [9.17, 15) is 14.4 Å². The van der Waals surface area contributed by atoms with Gasteiger partial charge in [-0.05, 0) is 49.4 Å². The topological polar surface area (TPSA) is 97.6 Å². The van der Waals surface area contributed by atoms with E-state index in [4.69, 9.17) is 9.15 Å². The fourth-order valence-electron chi connectivity index (χ4n) is 1.92. The predicted octanol–water partition coefficient (Wildman–Crippen LogP) is 2.74. The fourth-order valence-corrected chi connectivity index (χ4v) is 1.92. The molecule has 2 amide bonds. The van der Waals surface area contributed by atoms with Crippen LogP contribution in [0.1, 0.15) is 18.4 Å². The molecule has 7 nitrogen and oxygen atoms in total. The number of ether oxygens (including phenoxy) is 1. The van der Waals surface area contributed by atoms with Crippen LogP contribution < -0.4 is 10.6 Å². The van der Waals surface area contributed by atoms with Crippen molar-refractivity contribution >= 4 is 35.2 Å². The van der Waals surface area contributed by atoms with Gasteiger partial charge in [0.1, 0.15) is 11.5 Å². The number of furan rings is 1. The van der Waals surface area contributed by atoms with Crippen molar-refractivity contribution in [2.24, 2.45) is 0 Å². The van der Waals surface area contributed by atoms with Gasteiger partial charge in [-0.25, -0.2) is 4.79 Å². The fraction of sp³-hybridized carbons (Fsp3) is 0.167. The van der Waals surface area contributed by atoms with Crippen LogP contribution in [-0.4, -0.2) is 24.4 Å². The Bertz CT molecular complexity index is 790. The summed E-state index contributed by atoms with van der Waals surface area (Å²) in [6, 6.07) is 10.1. The third-order valence-electron chi connectivity index (χ3n) is 2.98. The maximum Gasteiger partial charge on any atom is 0.331 e. The minimum atomic E-state index is -0.648. The van der Waals surface area contributed by atoms with Crippen molar-refractivity contribution in [2.45, 2.75) is 13.8 Å². The molecule has 2 N–H and O–H groups in total. The predicted molar refractivity (Wildman–Crippen MR) is 92.8 cm³/mol. The zero-order valence-corrected chi connectivity index (χ0v) is 13.9. The molecule has 7 heteroatoms. The lowest BCUT2D eigenvalue weighted by molar-refractivity contribution is -0.142. The summed E-state index contributed by atoms with van der Waals surface area (Å²) in [5, 5.41) is 5.20. The van der Waals surface area contributed by atoms with Gasteiger partial charge in [0.2, 0.25) is 5.91 Å². The largest absolute Gasteiger partial charge is 0.462 e. The molecule has 0 saturated heterocycles. The Kier molecular flexibility index (Phi) is 6.11. The third-order valence-corrected chi connectivity index (χ3v) is 2.98. The number of esters is 1. The van der Waals surface area contributed by atoms with Gasteiger partial charge in [-0.3, -0.25) is 9.59 Å². The molecule has 25 heavy (non-hydrogen) atoms. The summed E-state index contributed by atoms with van der Waals surface area (Å²) in [4.78, 5) is 34.2. The Hall–Kier alpha value is -3.35. The maximum absolute atomic E-state index is 11.8. The highest BCUT2D eigenvalue weighted by Gasteiger charge is 2.06. The Morgan fingerprint density at radius 1 is 1.04 bits per heavy atom. The highest BCUT2D eigenvalue weighted by Crippen LogP contribution is 2.13. The first-order valence-electron chi connectivity index (χ1n) is 7.51. The van der Waals surface area contributed by atoms with Crippen LogP contribution in [0.2, 0.25) is 0 Å². The van der Waals surface area contributed by atoms with Crippen LogP contribution >= 0.6 is 0 Å². The molecular weight excluding hydrogens is 324 g/mol. The molecule has 0 aliphatic rings. The standard InChI is InChI=1S/C18H18N2O5/c1-12-3-8-16(25-12)9-10-18(23)24-11-17(22)20-15-6-4-14(5-7-15)19-13(2)21/h3-10H,11H2,1-2H3,(H,19,21)(H,20,22). The Balaban J connectivity index is 1.77. The van der Waals surface area contributed by atoms with E-state index in [2.05, 4.69) is 10.6 Å². The smallest absolute Gasteiger partial charge is 0.331 e. The van der Waals surface area contributed by atoms with E-state index >= 15 is 0 Å². The number of nitrogens with one attached hydrogen (secondary N) is 2. The van der Waals surface area contributed by atoms with Crippen molar-refractivity contribution < 1.29 is 23.5 Å². The summed E-state index contributed by atoms with van der Waals surface area (Å²) in [5.74, 6) is -0.0374. The lowest BCUT2D eigenvalue weighted by atomic mass is 10.2. The number of aryl methyl sites for hydroxylation is 1. The number of rotatable bonds is 6. The molecule has 0 bridgehead atoms. The Morgan fingerprint density at radius 2 is 1.68 bits per heavy atom. The quantitative estimate of drug-likeness (QED) is 0.621. The van der Waals surface area contributed by atoms with Gasteiger partial charge in [0.15, 0.2) is 6.61 Å². The lowest BCUT2D eigenvalue weighted by Crippen LogP contribution is -2.20. The molecule has 1 aromatic heterocycles. The number of benzene rings is 1. The molecule has 0 spiro atoms. The van der Waals surface area contributed by atoms with Gasteiger partial charge < -0.3 is 19.8 Å². The van der Waals surface area contributed by atoms with E-state index in [-0.39, 0.29) is 5.91 Å². The van der Waals surface area contributed by atoms with Gasteiger partial charge in [-0.15, -0.1) is 0 Å². The first-order valence-corrected chi connectivity index (χ1v) is 7.51. The zero-order valence-electron chi connectivity index (χ0n) is 13.9. The monoisotopic (exact) mass is 342 g/mol. The molecule has 130 valence electrons. The van der Waals surface area contributed by atoms with E-state index in [1.165, 1.54) is 19.1 Å². The Labute approximate surface area is 144 Å². The van der Waals surface area contributed by atoms with Crippen LogP contribution in [0.15, 0.2) is 46.9 Å². The molecule has 2 aromatic rings. The molecule has 0 saturated carbocycles. The van der Waals surface area contributed by atoms with Gasteiger partial charge >= 0.3 is 5.97 Å². The van der Waals surface area contributed by atoms with E-state index in [0.717, 1.165) is 5.76 Å².